The predicted molar refractivity (Wildman–Crippen MR) is 94.6 cm³/mol. The lowest BCUT2D eigenvalue weighted by atomic mass is 9.91. The van der Waals surface area contributed by atoms with Crippen LogP contribution in [0.5, 0.6) is 0 Å². The number of nitrogens with zero attached hydrogens (tertiary/aromatic N) is 1. The molecule has 0 saturated carbocycles. The lowest BCUT2D eigenvalue weighted by Crippen LogP contribution is -2.31. The van der Waals surface area contributed by atoms with Crippen molar-refractivity contribution in [3.05, 3.63) is 71.0 Å². The van der Waals surface area contributed by atoms with Crippen LogP contribution in [-0.4, -0.2) is 36.3 Å². The second-order valence-electron chi connectivity index (χ2n) is 6.99. The Morgan fingerprint density at radius 2 is 1.92 bits per heavy atom. The summed E-state index contributed by atoms with van der Waals surface area (Å²) in [6, 6.07) is 13.2. The standard InChI is InChI=1S/C21H20FNO3/c22-16-9-7-15(8-10-16)19(24)6-3-12-23-13-11-21(14-23)18-5-2-1-4-17(18)20(25)26-21/h1-2,4-5,7-10H,3,6,11-14H2. The third-order valence-corrected chi connectivity index (χ3v) is 5.28. The molecule has 0 N–H and O–H groups in total. The Morgan fingerprint density at radius 3 is 2.73 bits per heavy atom. The number of carbonyl (C=O) groups is 2. The molecule has 2 aliphatic rings. The van der Waals surface area contributed by atoms with E-state index >= 15 is 0 Å². The van der Waals surface area contributed by atoms with Gasteiger partial charge in [0, 0.05) is 37.1 Å². The maximum absolute atomic E-state index is 12.9. The average molecular weight is 353 g/mol. The molecule has 0 aromatic heterocycles. The zero-order valence-corrected chi connectivity index (χ0v) is 14.4. The summed E-state index contributed by atoms with van der Waals surface area (Å²) < 4.78 is 18.7. The van der Waals surface area contributed by atoms with Gasteiger partial charge in [0.15, 0.2) is 11.4 Å². The topological polar surface area (TPSA) is 46.6 Å². The van der Waals surface area contributed by atoms with Gasteiger partial charge in [-0.3, -0.25) is 9.69 Å². The van der Waals surface area contributed by atoms with Gasteiger partial charge in [0.05, 0.1) is 5.56 Å². The minimum absolute atomic E-state index is 0.0246. The molecule has 2 aromatic carbocycles. The molecule has 4 rings (SSSR count). The van der Waals surface area contributed by atoms with Gasteiger partial charge in [-0.25, -0.2) is 9.18 Å². The second kappa shape index (κ2) is 6.65. The van der Waals surface area contributed by atoms with Crippen molar-refractivity contribution in [1.82, 2.24) is 4.90 Å². The van der Waals surface area contributed by atoms with Crippen LogP contribution in [0.4, 0.5) is 4.39 Å². The van der Waals surface area contributed by atoms with Gasteiger partial charge >= 0.3 is 5.97 Å². The molecule has 5 heteroatoms. The molecule has 0 bridgehead atoms. The third-order valence-electron chi connectivity index (χ3n) is 5.28. The number of fused-ring (bicyclic) bond motifs is 2. The molecule has 1 atom stereocenters. The first-order valence-corrected chi connectivity index (χ1v) is 8.91. The number of ether oxygens (including phenoxy) is 1. The predicted octanol–water partition coefficient (Wildman–Crippen LogP) is 3.56. The van der Waals surface area contributed by atoms with Crippen LogP contribution in [0.15, 0.2) is 48.5 Å². The van der Waals surface area contributed by atoms with Gasteiger partial charge in [0.25, 0.3) is 0 Å². The molecule has 1 spiro atoms. The van der Waals surface area contributed by atoms with Crippen molar-refractivity contribution in [1.29, 1.82) is 0 Å². The lowest BCUT2D eigenvalue weighted by Gasteiger charge is -2.24. The molecule has 2 aliphatic heterocycles. The first-order valence-electron chi connectivity index (χ1n) is 8.91. The van der Waals surface area contributed by atoms with E-state index in [2.05, 4.69) is 4.90 Å². The van der Waals surface area contributed by atoms with Gasteiger partial charge in [-0.15, -0.1) is 0 Å². The van der Waals surface area contributed by atoms with Crippen LogP contribution in [-0.2, 0) is 10.3 Å². The first-order chi connectivity index (χ1) is 12.6. The number of halogens is 1. The smallest absolute Gasteiger partial charge is 0.339 e. The van der Waals surface area contributed by atoms with Gasteiger partial charge in [-0.2, -0.15) is 0 Å². The fourth-order valence-corrected chi connectivity index (χ4v) is 3.94. The Kier molecular flexibility index (Phi) is 4.32. The minimum atomic E-state index is -0.533. The van der Waals surface area contributed by atoms with Crippen molar-refractivity contribution in [3.63, 3.8) is 0 Å². The van der Waals surface area contributed by atoms with E-state index in [9.17, 15) is 14.0 Å². The van der Waals surface area contributed by atoms with Crippen LogP contribution in [0.1, 0.15) is 45.5 Å². The highest BCUT2D eigenvalue weighted by atomic mass is 19.1. The highest BCUT2D eigenvalue weighted by Gasteiger charge is 2.49. The zero-order valence-electron chi connectivity index (χ0n) is 14.4. The third kappa shape index (κ3) is 3.03. The van der Waals surface area contributed by atoms with E-state index in [1.54, 1.807) is 0 Å². The van der Waals surface area contributed by atoms with Crippen molar-refractivity contribution in [2.75, 3.05) is 19.6 Å². The number of benzene rings is 2. The second-order valence-corrected chi connectivity index (χ2v) is 6.99. The van der Waals surface area contributed by atoms with E-state index in [1.165, 1.54) is 24.3 Å². The maximum atomic E-state index is 12.9. The minimum Gasteiger partial charge on any atom is -0.449 e. The number of rotatable bonds is 5. The number of carbonyl (C=O) groups excluding carboxylic acids is 2. The number of likely N-dealkylation sites (tertiary alicyclic amines) is 1. The molecule has 0 aliphatic carbocycles. The van der Waals surface area contributed by atoms with E-state index in [1.807, 2.05) is 24.3 Å². The largest absolute Gasteiger partial charge is 0.449 e. The zero-order chi connectivity index (χ0) is 18.1. The molecular weight excluding hydrogens is 333 g/mol. The number of ketones is 1. The van der Waals surface area contributed by atoms with Gasteiger partial charge in [0.2, 0.25) is 0 Å². The van der Waals surface area contributed by atoms with Crippen molar-refractivity contribution in [2.45, 2.75) is 24.9 Å². The highest BCUT2D eigenvalue weighted by Crippen LogP contribution is 2.43. The van der Waals surface area contributed by atoms with E-state index < -0.39 is 5.60 Å². The molecule has 134 valence electrons. The quantitative estimate of drug-likeness (QED) is 0.609. The van der Waals surface area contributed by atoms with E-state index in [-0.39, 0.29) is 17.6 Å². The Labute approximate surface area is 151 Å². The Balaban J connectivity index is 1.34. The van der Waals surface area contributed by atoms with Crippen molar-refractivity contribution >= 4 is 11.8 Å². The molecular formula is C21H20FNO3. The Bertz CT molecular complexity index is 849. The van der Waals surface area contributed by atoms with Gasteiger partial charge < -0.3 is 4.74 Å². The summed E-state index contributed by atoms with van der Waals surface area (Å²) in [7, 11) is 0. The highest BCUT2D eigenvalue weighted by molar-refractivity contribution is 5.96. The van der Waals surface area contributed by atoms with Gasteiger partial charge in [-0.05, 0) is 43.3 Å². The molecule has 1 fully saturated rings. The molecule has 1 saturated heterocycles. The number of hydrogen-bond acceptors (Lipinski definition) is 4. The van der Waals surface area contributed by atoms with E-state index in [0.29, 0.717) is 24.1 Å². The molecule has 4 nitrogen and oxygen atoms in total. The number of hydrogen-bond donors (Lipinski definition) is 0. The van der Waals surface area contributed by atoms with Crippen LogP contribution in [0.3, 0.4) is 0 Å². The lowest BCUT2D eigenvalue weighted by molar-refractivity contribution is -0.00325. The number of esters is 1. The number of Topliss-reactive ketones (excluding diaryl/α,β-unsaturated/α-hetero) is 1. The van der Waals surface area contributed by atoms with E-state index in [0.717, 1.165) is 31.5 Å². The monoisotopic (exact) mass is 353 g/mol. The SMILES string of the molecule is O=C(CCCN1CCC2(C1)OC(=O)c1ccccc12)c1ccc(F)cc1. The Hall–Kier alpha value is -2.53. The van der Waals surface area contributed by atoms with Gasteiger partial charge in [0.1, 0.15) is 5.82 Å². The summed E-state index contributed by atoms with van der Waals surface area (Å²) in [5, 5.41) is 0. The maximum Gasteiger partial charge on any atom is 0.339 e. The van der Waals surface area contributed by atoms with Crippen LogP contribution in [0.25, 0.3) is 0 Å². The summed E-state index contributed by atoms with van der Waals surface area (Å²) in [6.07, 6.45) is 1.93. The Morgan fingerprint density at radius 1 is 1.15 bits per heavy atom. The van der Waals surface area contributed by atoms with Crippen LogP contribution in [0, 0.1) is 5.82 Å². The van der Waals surface area contributed by atoms with Gasteiger partial charge in [-0.1, -0.05) is 18.2 Å². The van der Waals surface area contributed by atoms with Crippen LogP contribution < -0.4 is 0 Å². The molecule has 0 amide bonds. The van der Waals surface area contributed by atoms with Crippen molar-refractivity contribution in [3.8, 4) is 0 Å². The fourth-order valence-electron chi connectivity index (χ4n) is 3.94. The molecule has 1 unspecified atom stereocenters. The summed E-state index contributed by atoms with van der Waals surface area (Å²) >= 11 is 0. The van der Waals surface area contributed by atoms with Crippen molar-refractivity contribution < 1.29 is 18.7 Å². The summed E-state index contributed by atoms with van der Waals surface area (Å²) in [4.78, 5) is 26.5. The summed E-state index contributed by atoms with van der Waals surface area (Å²) in [5.74, 6) is -0.555. The van der Waals surface area contributed by atoms with Crippen molar-refractivity contribution in [2.24, 2.45) is 0 Å². The summed E-state index contributed by atoms with van der Waals surface area (Å²) in [5.41, 5.74) is 1.66. The van der Waals surface area contributed by atoms with E-state index in [4.69, 9.17) is 4.74 Å². The molecule has 0 radical (unpaired) electrons. The summed E-state index contributed by atoms with van der Waals surface area (Å²) in [6.45, 7) is 2.28. The van der Waals surface area contributed by atoms with Crippen LogP contribution in [0.2, 0.25) is 0 Å². The molecule has 2 aromatic rings. The first kappa shape index (κ1) is 16.9. The fraction of sp³-hybridized carbons (Fsp3) is 0.333. The molecule has 2 heterocycles. The van der Waals surface area contributed by atoms with Crippen LogP contribution >= 0.6 is 0 Å². The normalized spacial score (nSPS) is 21.8. The average Bonchev–Trinajstić information content (AvgIpc) is 3.17. The molecule has 26 heavy (non-hydrogen) atoms.